The van der Waals surface area contributed by atoms with Crippen molar-refractivity contribution in [1.29, 1.82) is 0 Å². The van der Waals surface area contributed by atoms with Crippen LogP contribution in [0.4, 0.5) is 5.82 Å². The van der Waals surface area contributed by atoms with E-state index in [2.05, 4.69) is 13.8 Å². The van der Waals surface area contributed by atoms with Crippen molar-refractivity contribution in [3.8, 4) is 11.1 Å². The van der Waals surface area contributed by atoms with Crippen LogP contribution in [-0.4, -0.2) is 9.78 Å². The third kappa shape index (κ3) is 3.41. The molecule has 114 valence electrons. The van der Waals surface area contributed by atoms with Crippen LogP contribution in [0.1, 0.15) is 51.1 Å². The summed E-state index contributed by atoms with van der Waals surface area (Å²) in [6.45, 7) is 4.44. The lowest BCUT2D eigenvalue weighted by molar-refractivity contribution is 0.549. The Morgan fingerprint density at radius 2 is 1.90 bits per heavy atom. The van der Waals surface area contributed by atoms with Crippen molar-refractivity contribution in [2.45, 2.75) is 45.4 Å². The molecule has 4 heteroatoms. The van der Waals surface area contributed by atoms with Gasteiger partial charge in [0, 0.05) is 23.6 Å². The maximum Gasteiger partial charge on any atom is 0.129 e. The fraction of sp³-hybridized carbons (Fsp3) is 0.471. The molecule has 1 unspecified atom stereocenters. The molecule has 0 fully saturated rings. The number of rotatable bonds is 6. The maximum absolute atomic E-state index is 6.26. The Kier molecular flexibility index (Phi) is 5.29. The van der Waals surface area contributed by atoms with Gasteiger partial charge >= 0.3 is 0 Å². The van der Waals surface area contributed by atoms with Gasteiger partial charge in [-0.3, -0.25) is 4.68 Å². The number of hydrogen-bond acceptors (Lipinski definition) is 2. The number of halogens is 1. The molecule has 1 heterocycles. The topological polar surface area (TPSA) is 43.8 Å². The van der Waals surface area contributed by atoms with Crippen LogP contribution in [0, 0.1) is 0 Å². The van der Waals surface area contributed by atoms with E-state index in [0.29, 0.717) is 5.92 Å². The van der Waals surface area contributed by atoms with Gasteiger partial charge in [0.25, 0.3) is 0 Å². The standard InChI is InChI=1S/C17H24ClN3/c1-4-6-7-12(5-2)16-15(17(19)21(3)20-16)13-8-10-14(18)11-9-13/h8-12H,4-7,19H2,1-3H3. The molecule has 0 saturated heterocycles. The van der Waals surface area contributed by atoms with E-state index in [0.717, 1.165) is 40.5 Å². The highest BCUT2D eigenvalue weighted by Crippen LogP contribution is 2.37. The average Bonchev–Trinajstić information content (AvgIpc) is 2.77. The molecule has 1 aromatic heterocycles. The van der Waals surface area contributed by atoms with Crippen LogP contribution in [0.5, 0.6) is 0 Å². The molecule has 0 aliphatic rings. The van der Waals surface area contributed by atoms with E-state index in [4.69, 9.17) is 22.4 Å². The summed E-state index contributed by atoms with van der Waals surface area (Å²) >= 11 is 5.99. The van der Waals surface area contributed by atoms with Gasteiger partial charge < -0.3 is 5.73 Å². The van der Waals surface area contributed by atoms with E-state index in [1.807, 2.05) is 31.3 Å². The van der Waals surface area contributed by atoms with Gasteiger partial charge in [0.1, 0.15) is 5.82 Å². The second-order valence-corrected chi connectivity index (χ2v) is 5.96. The smallest absolute Gasteiger partial charge is 0.129 e. The first-order chi connectivity index (χ1) is 10.1. The van der Waals surface area contributed by atoms with E-state index >= 15 is 0 Å². The molecular formula is C17H24ClN3. The number of benzene rings is 1. The van der Waals surface area contributed by atoms with E-state index < -0.39 is 0 Å². The van der Waals surface area contributed by atoms with Crippen molar-refractivity contribution in [1.82, 2.24) is 9.78 Å². The molecule has 0 aliphatic heterocycles. The zero-order valence-corrected chi connectivity index (χ0v) is 13.8. The van der Waals surface area contributed by atoms with Gasteiger partial charge in [-0.25, -0.2) is 0 Å². The minimum atomic E-state index is 0.458. The fourth-order valence-electron chi connectivity index (χ4n) is 2.74. The monoisotopic (exact) mass is 305 g/mol. The van der Waals surface area contributed by atoms with Gasteiger partial charge in [-0.2, -0.15) is 5.10 Å². The summed E-state index contributed by atoms with van der Waals surface area (Å²) in [5.41, 5.74) is 9.54. The number of nitrogens with zero attached hydrogens (tertiary/aromatic N) is 2. The lowest BCUT2D eigenvalue weighted by atomic mass is 9.91. The molecule has 2 aromatic rings. The van der Waals surface area contributed by atoms with Crippen LogP contribution in [0.3, 0.4) is 0 Å². The Balaban J connectivity index is 2.46. The predicted octanol–water partition coefficient (Wildman–Crippen LogP) is 5.01. The summed E-state index contributed by atoms with van der Waals surface area (Å²) in [7, 11) is 1.91. The van der Waals surface area contributed by atoms with Crippen LogP contribution in [0.2, 0.25) is 5.02 Å². The molecular weight excluding hydrogens is 282 g/mol. The van der Waals surface area contributed by atoms with Crippen LogP contribution < -0.4 is 5.73 Å². The van der Waals surface area contributed by atoms with E-state index in [-0.39, 0.29) is 0 Å². The summed E-state index contributed by atoms with van der Waals surface area (Å²) in [4.78, 5) is 0. The second kappa shape index (κ2) is 6.99. The third-order valence-corrected chi connectivity index (χ3v) is 4.29. The molecule has 2 N–H and O–H groups in total. The van der Waals surface area contributed by atoms with Crippen molar-refractivity contribution in [3.63, 3.8) is 0 Å². The van der Waals surface area contributed by atoms with Crippen molar-refractivity contribution >= 4 is 17.4 Å². The first kappa shape index (κ1) is 15.9. The fourth-order valence-corrected chi connectivity index (χ4v) is 2.87. The number of anilines is 1. The molecule has 0 bridgehead atoms. The molecule has 0 aliphatic carbocycles. The highest BCUT2D eigenvalue weighted by Gasteiger charge is 2.22. The average molecular weight is 306 g/mol. The van der Waals surface area contributed by atoms with Crippen LogP contribution in [-0.2, 0) is 7.05 Å². The molecule has 0 radical (unpaired) electrons. The van der Waals surface area contributed by atoms with Crippen LogP contribution in [0.25, 0.3) is 11.1 Å². The number of hydrogen-bond donors (Lipinski definition) is 1. The van der Waals surface area contributed by atoms with Gasteiger partial charge in [-0.05, 0) is 30.5 Å². The van der Waals surface area contributed by atoms with E-state index in [1.165, 1.54) is 12.8 Å². The highest BCUT2D eigenvalue weighted by molar-refractivity contribution is 6.30. The predicted molar refractivity (Wildman–Crippen MR) is 90.6 cm³/mol. The molecule has 0 saturated carbocycles. The zero-order chi connectivity index (χ0) is 15.4. The van der Waals surface area contributed by atoms with Gasteiger partial charge in [0.2, 0.25) is 0 Å². The maximum atomic E-state index is 6.26. The third-order valence-electron chi connectivity index (χ3n) is 4.04. The number of unbranched alkanes of at least 4 members (excludes halogenated alkanes) is 1. The Hall–Kier alpha value is -1.48. The summed E-state index contributed by atoms with van der Waals surface area (Å²) in [6, 6.07) is 7.84. The minimum Gasteiger partial charge on any atom is -0.383 e. The Morgan fingerprint density at radius 1 is 1.24 bits per heavy atom. The molecule has 3 nitrogen and oxygen atoms in total. The summed E-state index contributed by atoms with van der Waals surface area (Å²) in [5, 5.41) is 5.43. The van der Waals surface area contributed by atoms with E-state index in [9.17, 15) is 0 Å². The number of aromatic nitrogens is 2. The van der Waals surface area contributed by atoms with Crippen molar-refractivity contribution in [3.05, 3.63) is 35.0 Å². The molecule has 1 aromatic carbocycles. The van der Waals surface area contributed by atoms with Crippen molar-refractivity contribution in [2.75, 3.05) is 5.73 Å². The first-order valence-electron chi connectivity index (χ1n) is 7.66. The lowest BCUT2D eigenvalue weighted by Crippen LogP contribution is -2.01. The zero-order valence-electron chi connectivity index (χ0n) is 13.1. The van der Waals surface area contributed by atoms with Gasteiger partial charge in [0.05, 0.1) is 5.69 Å². The van der Waals surface area contributed by atoms with Gasteiger partial charge in [-0.15, -0.1) is 0 Å². The summed E-state index contributed by atoms with van der Waals surface area (Å²) < 4.78 is 1.79. The minimum absolute atomic E-state index is 0.458. The van der Waals surface area contributed by atoms with E-state index in [1.54, 1.807) is 4.68 Å². The largest absolute Gasteiger partial charge is 0.383 e. The number of aryl methyl sites for hydroxylation is 1. The molecule has 21 heavy (non-hydrogen) atoms. The molecule has 1 atom stereocenters. The van der Waals surface area contributed by atoms with Crippen LogP contribution in [0.15, 0.2) is 24.3 Å². The molecule has 2 rings (SSSR count). The van der Waals surface area contributed by atoms with Crippen molar-refractivity contribution < 1.29 is 0 Å². The Bertz CT molecular complexity index is 587. The highest BCUT2D eigenvalue weighted by atomic mass is 35.5. The first-order valence-corrected chi connectivity index (χ1v) is 8.04. The number of nitrogen functional groups attached to an aromatic ring is 1. The van der Waals surface area contributed by atoms with Gasteiger partial charge in [0.15, 0.2) is 0 Å². The van der Waals surface area contributed by atoms with Crippen LogP contribution >= 0.6 is 11.6 Å². The summed E-state index contributed by atoms with van der Waals surface area (Å²) in [6.07, 6.45) is 4.66. The normalized spacial score (nSPS) is 12.6. The van der Waals surface area contributed by atoms with Crippen molar-refractivity contribution in [2.24, 2.45) is 7.05 Å². The SMILES string of the molecule is CCCCC(CC)c1nn(C)c(N)c1-c1ccc(Cl)cc1. The summed E-state index contributed by atoms with van der Waals surface area (Å²) in [5.74, 6) is 1.18. The van der Waals surface area contributed by atoms with Gasteiger partial charge in [-0.1, -0.05) is 50.4 Å². The second-order valence-electron chi connectivity index (χ2n) is 5.52. The quantitative estimate of drug-likeness (QED) is 0.815. The Morgan fingerprint density at radius 3 is 2.48 bits per heavy atom. The lowest BCUT2D eigenvalue weighted by Gasteiger charge is -2.14. The Labute approximate surface area is 132 Å². The molecule has 0 spiro atoms. The number of nitrogens with two attached hydrogens (primary N) is 1. The molecule has 0 amide bonds.